The smallest absolute Gasteiger partial charge is 0.276 e. The molecular formula is C14H19ClN6O. The number of rotatable bonds is 3. The van der Waals surface area contributed by atoms with Crippen LogP contribution in [0.1, 0.15) is 36.5 Å². The van der Waals surface area contributed by atoms with Crippen LogP contribution in [0.4, 0.5) is 0 Å². The van der Waals surface area contributed by atoms with Gasteiger partial charge in [0.1, 0.15) is 11.5 Å². The minimum atomic E-state index is 0. The molecule has 0 bridgehead atoms. The lowest BCUT2D eigenvalue weighted by Gasteiger charge is -2.30. The number of hydrogen-bond donors (Lipinski definition) is 1. The third-order valence-corrected chi connectivity index (χ3v) is 4.09. The number of nitrogens with zero attached hydrogens (tertiary/aromatic N) is 5. The van der Waals surface area contributed by atoms with E-state index in [0.717, 1.165) is 31.2 Å². The minimum absolute atomic E-state index is 0. The molecule has 1 aliphatic heterocycles. The Morgan fingerprint density at radius 3 is 2.91 bits per heavy atom. The molecule has 1 aliphatic carbocycles. The Labute approximate surface area is 134 Å². The van der Waals surface area contributed by atoms with Crippen LogP contribution >= 0.6 is 12.4 Å². The number of halogens is 1. The lowest BCUT2D eigenvalue weighted by atomic mass is 10.2. The lowest BCUT2D eigenvalue weighted by Crippen LogP contribution is -2.44. The zero-order valence-corrected chi connectivity index (χ0v) is 13.2. The highest BCUT2D eigenvalue weighted by molar-refractivity contribution is 5.85. The zero-order valence-electron chi connectivity index (χ0n) is 12.4. The standard InChI is InChI=1S/C14H18N6O.ClH/c1-20-7-6-15-8-11(20)13-18-14(21-19-13)10-4-5-16-12(17-10)9-2-3-9;/h4-5,9,11,15H,2-3,6-8H2,1H3;1H. The fourth-order valence-corrected chi connectivity index (χ4v) is 2.60. The van der Waals surface area contributed by atoms with Gasteiger partial charge in [0, 0.05) is 31.7 Å². The second kappa shape index (κ2) is 6.28. The predicted molar refractivity (Wildman–Crippen MR) is 82.8 cm³/mol. The first-order valence-corrected chi connectivity index (χ1v) is 7.39. The van der Waals surface area contributed by atoms with Gasteiger partial charge in [0.15, 0.2) is 5.82 Å². The monoisotopic (exact) mass is 322 g/mol. The molecule has 2 aromatic heterocycles. The Kier molecular flexibility index (Phi) is 4.37. The van der Waals surface area contributed by atoms with E-state index in [2.05, 4.69) is 37.4 Å². The number of aromatic nitrogens is 4. The summed E-state index contributed by atoms with van der Waals surface area (Å²) in [4.78, 5) is 15.6. The van der Waals surface area contributed by atoms with Gasteiger partial charge in [-0.3, -0.25) is 4.90 Å². The maximum atomic E-state index is 5.40. The van der Waals surface area contributed by atoms with Gasteiger partial charge in [-0.15, -0.1) is 12.4 Å². The molecule has 8 heteroatoms. The summed E-state index contributed by atoms with van der Waals surface area (Å²) in [5.41, 5.74) is 0.720. The Morgan fingerprint density at radius 1 is 1.27 bits per heavy atom. The van der Waals surface area contributed by atoms with Crippen molar-refractivity contribution in [1.29, 1.82) is 0 Å². The summed E-state index contributed by atoms with van der Waals surface area (Å²) < 4.78 is 5.40. The van der Waals surface area contributed by atoms with Crippen LogP contribution in [0.5, 0.6) is 0 Å². The molecule has 2 fully saturated rings. The summed E-state index contributed by atoms with van der Waals surface area (Å²) in [5.74, 6) is 2.60. The molecule has 1 N–H and O–H groups in total. The van der Waals surface area contributed by atoms with Gasteiger partial charge in [-0.05, 0) is 26.0 Å². The first-order chi connectivity index (χ1) is 10.3. The van der Waals surface area contributed by atoms with E-state index in [9.17, 15) is 0 Å². The fraction of sp³-hybridized carbons (Fsp3) is 0.571. The molecule has 1 atom stereocenters. The molecule has 4 rings (SSSR count). The van der Waals surface area contributed by atoms with E-state index < -0.39 is 0 Å². The van der Waals surface area contributed by atoms with Crippen LogP contribution in [0, 0.1) is 0 Å². The maximum absolute atomic E-state index is 5.40. The highest BCUT2D eigenvalue weighted by Gasteiger charge is 2.28. The van der Waals surface area contributed by atoms with E-state index >= 15 is 0 Å². The zero-order chi connectivity index (χ0) is 14.2. The van der Waals surface area contributed by atoms with Crippen molar-refractivity contribution in [3.63, 3.8) is 0 Å². The van der Waals surface area contributed by atoms with Crippen molar-refractivity contribution < 1.29 is 4.52 Å². The third-order valence-electron chi connectivity index (χ3n) is 4.09. The topological polar surface area (TPSA) is 80.0 Å². The van der Waals surface area contributed by atoms with Gasteiger partial charge in [0.25, 0.3) is 5.89 Å². The van der Waals surface area contributed by atoms with Gasteiger partial charge in [-0.2, -0.15) is 4.98 Å². The van der Waals surface area contributed by atoms with Crippen molar-refractivity contribution in [2.24, 2.45) is 0 Å². The quantitative estimate of drug-likeness (QED) is 0.914. The molecule has 0 spiro atoms. The van der Waals surface area contributed by atoms with Crippen molar-refractivity contribution in [2.75, 3.05) is 26.7 Å². The number of likely N-dealkylation sites (N-methyl/N-ethyl adjacent to an activating group) is 1. The lowest BCUT2D eigenvalue weighted by molar-refractivity contribution is 0.190. The second-order valence-corrected chi connectivity index (χ2v) is 5.73. The maximum Gasteiger partial charge on any atom is 0.276 e. The second-order valence-electron chi connectivity index (χ2n) is 5.73. The largest absolute Gasteiger partial charge is 0.332 e. The molecule has 118 valence electrons. The molecule has 1 unspecified atom stereocenters. The van der Waals surface area contributed by atoms with Crippen molar-refractivity contribution in [3.8, 4) is 11.6 Å². The summed E-state index contributed by atoms with van der Waals surface area (Å²) in [6.07, 6.45) is 4.13. The molecule has 1 saturated carbocycles. The van der Waals surface area contributed by atoms with E-state index in [0.29, 0.717) is 17.6 Å². The van der Waals surface area contributed by atoms with Crippen LogP contribution in [0.3, 0.4) is 0 Å². The van der Waals surface area contributed by atoms with Crippen LogP contribution in [-0.2, 0) is 0 Å². The first kappa shape index (κ1) is 15.3. The van der Waals surface area contributed by atoms with Crippen molar-refractivity contribution in [2.45, 2.75) is 24.8 Å². The van der Waals surface area contributed by atoms with Crippen LogP contribution in [0.2, 0.25) is 0 Å². The minimum Gasteiger partial charge on any atom is -0.332 e. The SMILES string of the molecule is CN1CCNCC1c1noc(-c2ccnc(C3CC3)n2)n1.Cl. The van der Waals surface area contributed by atoms with Crippen molar-refractivity contribution >= 4 is 12.4 Å². The Morgan fingerprint density at radius 2 is 2.14 bits per heavy atom. The highest BCUT2D eigenvalue weighted by Crippen LogP contribution is 2.38. The van der Waals surface area contributed by atoms with Crippen LogP contribution in [0.25, 0.3) is 11.6 Å². The predicted octanol–water partition coefficient (Wildman–Crippen LogP) is 1.40. The number of hydrogen-bond acceptors (Lipinski definition) is 7. The van der Waals surface area contributed by atoms with Gasteiger partial charge in [0.2, 0.25) is 0 Å². The Bertz CT molecular complexity index is 644. The summed E-state index contributed by atoms with van der Waals surface area (Å²) in [5, 5.41) is 7.48. The summed E-state index contributed by atoms with van der Waals surface area (Å²) in [6.45, 7) is 2.81. The summed E-state index contributed by atoms with van der Waals surface area (Å²) >= 11 is 0. The molecule has 0 radical (unpaired) electrons. The van der Waals surface area contributed by atoms with Crippen LogP contribution in [-0.4, -0.2) is 51.7 Å². The van der Waals surface area contributed by atoms with Gasteiger partial charge in [0.05, 0.1) is 6.04 Å². The fourth-order valence-electron chi connectivity index (χ4n) is 2.60. The highest BCUT2D eigenvalue weighted by atomic mass is 35.5. The van der Waals surface area contributed by atoms with E-state index in [4.69, 9.17) is 4.52 Å². The van der Waals surface area contributed by atoms with Gasteiger partial charge < -0.3 is 9.84 Å². The van der Waals surface area contributed by atoms with Crippen LogP contribution in [0.15, 0.2) is 16.8 Å². The molecule has 1 saturated heterocycles. The van der Waals surface area contributed by atoms with Crippen molar-refractivity contribution in [1.82, 2.24) is 30.3 Å². The summed E-state index contributed by atoms with van der Waals surface area (Å²) in [6, 6.07) is 1.98. The van der Waals surface area contributed by atoms with Gasteiger partial charge >= 0.3 is 0 Å². The molecule has 0 aromatic carbocycles. The molecule has 22 heavy (non-hydrogen) atoms. The average Bonchev–Trinajstić information content (AvgIpc) is 3.26. The summed E-state index contributed by atoms with van der Waals surface area (Å²) in [7, 11) is 2.08. The molecule has 3 heterocycles. The van der Waals surface area contributed by atoms with E-state index in [1.807, 2.05) is 6.07 Å². The third kappa shape index (κ3) is 2.97. The van der Waals surface area contributed by atoms with Crippen molar-refractivity contribution in [3.05, 3.63) is 23.9 Å². The molecule has 0 amide bonds. The van der Waals surface area contributed by atoms with E-state index in [-0.39, 0.29) is 18.4 Å². The number of piperazine rings is 1. The molecule has 2 aliphatic rings. The van der Waals surface area contributed by atoms with Crippen LogP contribution < -0.4 is 5.32 Å². The molecule has 2 aromatic rings. The van der Waals surface area contributed by atoms with E-state index in [1.165, 1.54) is 12.8 Å². The molecule has 7 nitrogen and oxygen atoms in total. The number of nitrogens with one attached hydrogen (secondary N) is 1. The van der Waals surface area contributed by atoms with Gasteiger partial charge in [-0.25, -0.2) is 9.97 Å². The first-order valence-electron chi connectivity index (χ1n) is 7.39. The average molecular weight is 323 g/mol. The Hall–Kier alpha value is -1.57. The van der Waals surface area contributed by atoms with E-state index in [1.54, 1.807) is 6.20 Å². The Balaban J connectivity index is 0.00000144. The normalized spacial score (nSPS) is 22.3. The van der Waals surface area contributed by atoms with Gasteiger partial charge in [-0.1, -0.05) is 5.16 Å². The molecular weight excluding hydrogens is 304 g/mol.